The lowest BCUT2D eigenvalue weighted by Gasteiger charge is -2.30. The van der Waals surface area contributed by atoms with Crippen LogP contribution in [0.3, 0.4) is 0 Å². The standard InChI is InChI=1S/C24H27ClF2O4/c1-24(26,27)22-13-21(8-4-17(22)5-9-23(28)29)31-15-19-14-30-11-10-18(19)12-16-2-6-20(25)7-3-16/h2-4,6-8,22H,5,9-15H2,1H3,(H,28,29). The molecule has 1 aliphatic carbocycles. The molecule has 1 aromatic rings. The van der Waals surface area contributed by atoms with Crippen LogP contribution >= 0.6 is 11.6 Å². The van der Waals surface area contributed by atoms with Crippen LogP contribution in [0.5, 0.6) is 0 Å². The maximum Gasteiger partial charge on any atom is 0.303 e. The first-order valence-electron chi connectivity index (χ1n) is 10.4. The molecule has 0 saturated carbocycles. The second kappa shape index (κ2) is 10.4. The van der Waals surface area contributed by atoms with Crippen LogP contribution in [0.1, 0.15) is 38.2 Å². The Balaban J connectivity index is 1.69. The second-order valence-electron chi connectivity index (χ2n) is 8.08. The van der Waals surface area contributed by atoms with Crippen molar-refractivity contribution >= 4 is 17.6 Å². The number of ether oxygens (including phenoxy) is 2. The summed E-state index contributed by atoms with van der Waals surface area (Å²) in [5.74, 6) is -4.53. The summed E-state index contributed by atoms with van der Waals surface area (Å²) in [6, 6.07) is 7.70. The summed E-state index contributed by atoms with van der Waals surface area (Å²) in [6.45, 7) is 2.27. The molecule has 0 aromatic heterocycles. The molecule has 0 radical (unpaired) electrons. The van der Waals surface area contributed by atoms with E-state index < -0.39 is 17.8 Å². The van der Waals surface area contributed by atoms with Crippen LogP contribution in [-0.2, 0) is 20.7 Å². The first-order chi connectivity index (χ1) is 14.7. The van der Waals surface area contributed by atoms with Gasteiger partial charge in [-0.1, -0.05) is 41.0 Å². The molecule has 0 saturated heterocycles. The molecular formula is C24H27ClF2O4. The van der Waals surface area contributed by atoms with Crippen molar-refractivity contribution in [2.45, 2.75) is 45.0 Å². The van der Waals surface area contributed by atoms with Crippen LogP contribution < -0.4 is 0 Å². The molecule has 3 rings (SSSR count). The molecule has 168 valence electrons. The summed E-state index contributed by atoms with van der Waals surface area (Å²) < 4.78 is 39.9. The van der Waals surface area contributed by atoms with E-state index in [9.17, 15) is 13.6 Å². The first kappa shape index (κ1) is 23.5. The van der Waals surface area contributed by atoms with Gasteiger partial charge in [0, 0.05) is 17.9 Å². The molecule has 1 atom stereocenters. The van der Waals surface area contributed by atoms with Crippen molar-refractivity contribution in [1.82, 2.24) is 0 Å². The van der Waals surface area contributed by atoms with Gasteiger partial charge in [-0.15, -0.1) is 0 Å². The van der Waals surface area contributed by atoms with E-state index in [2.05, 4.69) is 0 Å². The molecule has 7 heteroatoms. The fraction of sp³-hybridized carbons (Fsp3) is 0.458. The Morgan fingerprint density at radius 2 is 2.00 bits per heavy atom. The first-order valence-corrected chi connectivity index (χ1v) is 10.7. The number of allylic oxidation sites excluding steroid dienone is 4. The van der Waals surface area contributed by atoms with E-state index in [1.54, 1.807) is 12.2 Å². The molecule has 31 heavy (non-hydrogen) atoms. The van der Waals surface area contributed by atoms with Gasteiger partial charge in [-0.25, -0.2) is 8.78 Å². The van der Waals surface area contributed by atoms with Gasteiger partial charge >= 0.3 is 5.97 Å². The third kappa shape index (κ3) is 6.91. The summed E-state index contributed by atoms with van der Waals surface area (Å²) in [5, 5.41) is 9.57. The van der Waals surface area contributed by atoms with Crippen molar-refractivity contribution in [3.05, 3.63) is 69.5 Å². The number of alkyl halides is 2. The van der Waals surface area contributed by atoms with Gasteiger partial charge in [0.05, 0.1) is 24.9 Å². The minimum atomic E-state index is -2.96. The van der Waals surface area contributed by atoms with Gasteiger partial charge in [0.25, 0.3) is 5.92 Å². The average molecular weight is 453 g/mol. The van der Waals surface area contributed by atoms with E-state index >= 15 is 0 Å². The van der Waals surface area contributed by atoms with Gasteiger partial charge in [-0.2, -0.15) is 0 Å². The Morgan fingerprint density at radius 3 is 2.68 bits per heavy atom. The molecule has 1 heterocycles. The van der Waals surface area contributed by atoms with E-state index in [1.807, 2.05) is 24.3 Å². The van der Waals surface area contributed by atoms with E-state index in [1.165, 1.54) is 5.57 Å². The number of carbonyl (C=O) groups is 1. The minimum Gasteiger partial charge on any atom is -0.493 e. The lowest BCUT2D eigenvalue weighted by atomic mass is 9.83. The number of carboxylic acid groups (broad SMARTS) is 1. The number of halogens is 3. The highest BCUT2D eigenvalue weighted by molar-refractivity contribution is 6.30. The largest absolute Gasteiger partial charge is 0.493 e. The third-order valence-electron chi connectivity index (χ3n) is 5.66. The summed E-state index contributed by atoms with van der Waals surface area (Å²) in [4.78, 5) is 10.8. The van der Waals surface area contributed by atoms with Crippen molar-refractivity contribution < 1.29 is 28.2 Å². The Bertz CT molecular complexity index is 882. The van der Waals surface area contributed by atoms with Crippen LogP contribution in [0.25, 0.3) is 0 Å². The zero-order valence-electron chi connectivity index (χ0n) is 17.5. The predicted molar refractivity (Wildman–Crippen MR) is 115 cm³/mol. The predicted octanol–water partition coefficient (Wildman–Crippen LogP) is 5.97. The Hall–Kier alpha value is -2.18. The number of rotatable bonds is 9. The molecule has 4 nitrogen and oxygen atoms in total. The Morgan fingerprint density at radius 1 is 1.26 bits per heavy atom. The zero-order chi connectivity index (χ0) is 22.4. The average Bonchev–Trinajstić information content (AvgIpc) is 2.73. The highest BCUT2D eigenvalue weighted by atomic mass is 35.5. The number of benzene rings is 1. The zero-order valence-corrected chi connectivity index (χ0v) is 18.3. The van der Waals surface area contributed by atoms with Crippen LogP contribution in [0, 0.1) is 5.92 Å². The van der Waals surface area contributed by atoms with Crippen molar-refractivity contribution in [1.29, 1.82) is 0 Å². The molecule has 1 unspecified atom stereocenters. The molecule has 0 bridgehead atoms. The van der Waals surface area contributed by atoms with Gasteiger partial charge in [-0.05, 0) is 55.5 Å². The van der Waals surface area contributed by atoms with Gasteiger partial charge in [0.2, 0.25) is 0 Å². The SMILES string of the molecule is CC(F)(F)C1CC(OCC2=C(Cc3ccc(Cl)cc3)CCOC2)=CC=C1CCC(=O)O. The maximum atomic E-state index is 14.2. The van der Waals surface area contributed by atoms with Crippen LogP contribution in [0.4, 0.5) is 8.78 Å². The Kier molecular flexibility index (Phi) is 7.89. The van der Waals surface area contributed by atoms with Crippen molar-refractivity contribution in [2.75, 3.05) is 19.8 Å². The quantitative estimate of drug-likeness (QED) is 0.469. The van der Waals surface area contributed by atoms with Gasteiger partial charge < -0.3 is 14.6 Å². The van der Waals surface area contributed by atoms with E-state index in [4.69, 9.17) is 26.2 Å². The van der Waals surface area contributed by atoms with Crippen LogP contribution in [0.15, 0.2) is 58.9 Å². The normalized spacial score (nSPS) is 19.7. The summed E-state index contributed by atoms with van der Waals surface area (Å²) in [7, 11) is 0. The number of hydrogen-bond donors (Lipinski definition) is 1. The maximum absolute atomic E-state index is 14.2. The topological polar surface area (TPSA) is 55.8 Å². The molecule has 1 N–H and O–H groups in total. The van der Waals surface area contributed by atoms with Crippen LogP contribution in [0.2, 0.25) is 5.02 Å². The minimum absolute atomic E-state index is 0.0512. The lowest BCUT2D eigenvalue weighted by molar-refractivity contribution is -0.137. The van der Waals surface area contributed by atoms with Crippen LogP contribution in [-0.4, -0.2) is 36.8 Å². The smallest absolute Gasteiger partial charge is 0.303 e. The number of hydrogen-bond acceptors (Lipinski definition) is 3. The second-order valence-corrected chi connectivity index (χ2v) is 8.52. The molecule has 1 aliphatic heterocycles. The van der Waals surface area contributed by atoms with Crippen molar-refractivity contribution in [3.8, 4) is 0 Å². The van der Waals surface area contributed by atoms with E-state index in [-0.39, 0.29) is 25.9 Å². The van der Waals surface area contributed by atoms with Gasteiger partial charge in [0.15, 0.2) is 0 Å². The fourth-order valence-electron chi connectivity index (χ4n) is 3.89. The molecule has 2 aliphatic rings. The summed E-state index contributed by atoms with van der Waals surface area (Å²) in [5.41, 5.74) is 3.86. The van der Waals surface area contributed by atoms with E-state index in [0.717, 1.165) is 30.9 Å². The van der Waals surface area contributed by atoms with Crippen molar-refractivity contribution in [2.24, 2.45) is 5.92 Å². The highest BCUT2D eigenvalue weighted by Gasteiger charge is 2.38. The molecule has 0 fully saturated rings. The fourth-order valence-corrected chi connectivity index (χ4v) is 4.02. The third-order valence-corrected chi connectivity index (χ3v) is 5.91. The summed E-state index contributed by atoms with van der Waals surface area (Å²) in [6.07, 6.45) is 4.84. The number of carboxylic acids is 1. The Labute approximate surface area is 186 Å². The summed E-state index contributed by atoms with van der Waals surface area (Å²) >= 11 is 5.96. The monoisotopic (exact) mass is 452 g/mol. The lowest BCUT2D eigenvalue weighted by Crippen LogP contribution is -2.29. The highest BCUT2D eigenvalue weighted by Crippen LogP contribution is 2.39. The molecule has 0 spiro atoms. The van der Waals surface area contributed by atoms with Gasteiger partial charge in [-0.3, -0.25) is 4.79 Å². The van der Waals surface area contributed by atoms with Gasteiger partial charge in [0.1, 0.15) is 6.61 Å². The molecule has 0 amide bonds. The molecular weight excluding hydrogens is 426 g/mol. The van der Waals surface area contributed by atoms with Crippen molar-refractivity contribution in [3.63, 3.8) is 0 Å². The number of aliphatic carboxylic acids is 1. The molecule has 1 aromatic carbocycles. The van der Waals surface area contributed by atoms with E-state index in [0.29, 0.717) is 29.6 Å².